The normalized spacial score (nSPS) is 20.1. The molecule has 1 aliphatic rings. The van der Waals surface area contributed by atoms with Crippen LogP contribution in [0.2, 0.25) is 0 Å². The van der Waals surface area contributed by atoms with Crippen molar-refractivity contribution in [1.29, 1.82) is 0 Å². The second kappa shape index (κ2) is 8.13. The minimum atomic E-state index is -1.52. The monoisotopic (exact) mass is 377 g/mol. The predicted molar refractivity (Wildman–Crippen MR) is 95.3 cm³/mol. The molecule has 1 saturated heterocycles. The Morgan fingerprint density at radius 2 is 1.89 bits per heavy atom. The summed E-state index contributed by atoms with van der Waals surface area (Å²) >= 11 is 0. The van der Waals surface area contributed by atoms with Crippen LogP contribution in [-0.2, 0) is 17.8 Å². The van der Waals surface area contributed by atoms with Gasteiger partial charge < -0.3 is 10.0 Å². The van der Waals surface area contributed by atoms with Crippen molar-refractivity contribution in [2.24, 2.45) is 0 Å². The van der Waals surface area contributed by atoms with Gasteiger partial charge in [-0.25, -0.2) is 13.2 Å². The van der Waals surface area contributed by atoms with Gasteiger partial charge in [-0.3, -0.25) is 4.79 Å². The van der Waals surface area contributed by atoms with Crippen molar-refractivity contribution >= 4 is 5.91 Å². The highest BCUT2D eigenvalue weighted by atomic mass is 19.2. The molecule has 3 nitrogen and oxygen atoms in total. The lowest BCUT2D eigenvalue weighted by Crippen LogP contribution is -2.53. The first-order valence-corrected chi connectivity index (χ1v) is 9.08. The van der Waals surface area contributed by atoms with Gasteiger partial charge in [0.1, 0.15) is 11.4 Å². The molecular formula is C21H22F3NO2. The average molecular weight is 377 g/mol. The molecule has 2 aromatic rings. The molecule has 0 unspecified atom stereocenters. The van der Waals surface area contributed by atoms with Crippen molar-refractivity contribution < 1.29 is 23.1 Å². The van der Waals surface area contributed by atoms with E-state index < -0.39 is 23.1 Å². The number of piperidine rings is 1. The topological polar surface area (TPSA) is 40.5 Å². The van der Waals surface area contributed by atoms with Crippen LogP contribution in [0.25, 0.3) is 0 Å². The van der Waals surface area contributed by atoms with Crippen LogP contribution in [0.4, 0.5) is 13.2 Å². The molecule has 0 aliphatic carbocycles. The average Bonchev–Trinajstić information content (AvgIpc) is 2.63. The molecule has 0 spiro atoms. The molecule has 1 fully saturated rings. The maximum absolute atomic E-state index is 13.9. The third kappa shape index (κ3) is 4.50. The molecule has 0 aromatic heterocycles. The summed E-state index contributed by atoms with van der Waals surface area (Å²) in [6.07, 6.45) is 2.22. The van der Waals surface area contributed by atoms with Gasteiger partial charge in [-0.1, -0.05) is 24.3 Å². The molecule has 0 radical (unpaired) electrons. The number of carbonyl (C=O) groups is 1. The van der Waals surface area contributed by atoms with Gasteiger partial charge in [-0.15, -0.1) is 0 Å². The first-order chi connectivity index (χ1) is 12.9. The van der Waals surface area contributed by atoms with Gasteiger partial charge in [0.2, 0.25) is 0 Å². The number of hydrogen-bond acceptors (Lipinski definition) is 2. The highest BCUT2D eigenvalue weighted by Gasteiger charge is 2.41. The van der Waals surface area contributed by atoms with Crippen molar-refractivity contribution in [1.82, 2.24) is 4.90 Å². The predicted octanol–water partition coefficient (Wildman–Crippen LogP) is 3.98. The summed E-state index contributed by atoms with van der Waals surface area (Å²) in [7, 11) is 0. The van der Waals surface area contributed by atoms with Gasteiger partial charge in [0, 0.05) is 18.7 Å². The lowest BCUT2D eigenvalue weighted by Gasteiger charge is -2.38. The van der Waals surface area contributed by atoms with Crippen LogP contribution < -0.4 is 0 Å². The highest BCUT2D eigenvalue weighted by molar-refractivity contribution is 5.85. The number of carbonyl (C=O) groups excluding carboxylic acids is 1. The Hall–Kier alpha value is -2.34. The highest BCUT2D eigenvalue weighted by Crippen LogP contribution is 2.29. The van der Waals surface area contributed by atoms with Crippen LogP contribution in [0.15, 0.2) is 42.5 Å². The summed E-state index contributed by atoms with van der Waals surface area (Å²) in [6, 6.07) is 10.1. The van der Waals surface area contributed by atoms with E-state index in [1.54, 1.807) is 12.1 Å². The Kier molecular flexibility index (Phi) is 5.85. The van der Waals surface area contributed by atoms with Gasteiger partial charge in [-0.05, 0) is 55.9 Å². The van der Waals surface area contributed by atoms with Gasteiger partial charge in [0.25, 0.3) is 5.91 Å². The summed E-state index contributed by atoms with van der Waals surface area (Å²) < 4.78 is 40.5. The standard InChI is InChI=1S/C21H22F3NO2/c22-17-8-1-5-15(13-17)6-3-10-21(27)11-4-12-25(20(21)26)14-16-7-2-9-18(23)19(16)24/h1-2,5,7-9,13,27H,3-4,6,10-12,14H2/t21-/m0/s1. The number of nitrogens with zero attached hydrogens (tertiary/aromatic N) is 1. The number of aliphatic hydroxyl groups is 1. The molecule has 1 amide bonds. The van der Waals surface area contributed by atoms with E-state index in [0.29, 0.717) is 32.2 Å². The quantitative estimate of drug-likeness (QED) is 0.827. The van der Waals surface area contributed by atoms with Crippen LogP contribution >= 0.6 is 0 Å². The van der Waals surface area contributed by atoms with E-state index in [1.165, 1.54) is 29.2 Å². The second-order valence-corrected chi connectivity index (χ2v) is 7.06. The molecule has 2 aromatic carbocycles. The first kappa shape index (κ1) is 19.4. The fraction of sp³-hybridized carbons (Fsp3) is 0.381. The molecule has 144 valence electrons. The van der Waals surface area contributed by atoms with Crippen molar-refractivity contribution in [2.45, 2.75) is 44.2 Å². The number of hydrogen-bond donors (Lipinski definition) is 1. The Balaban J connectivity index is 1.63. The third-order valence-corrected chi connectivity index (χ3v) is 5.04. The second-order valence-electron chi connectivity index (χ2n) is 7.06. The number of benzene rings is 2. The van der Waals surface area contributed by atoms with E-state index in [4.69, 9.17) is 0 Å². The maximum Gasteiger partial charge on any atom is 0.254 e. The van der Waals surface area contributed by atoms with Crippen molar-refractivity contribution in [3.8, 4) is 0 Å². The lowest BCUT2D eigenvalue weighted by molar-refractivity contribution is -0.158. The fourth-order valence-electron chi connectivity index (χ4n) is 3.60. The maximum atomic E-state index is 13.9. The molecule has 1 heterocycles. The Morgan fingerprint density at radius 3 is 2.67 bits per heavy atom. The summed E-state index contributed by atoms with van der Waals surface area (Å²) in [5.74, 6) is -2.70. The molecule has 1 aliphatic heterocycles. The van der Waals surface area contributed by atoms with Crippen molar-refractivity contribution in [3.05, 3.63) is 71.0 Å². The van der Waals surface area contributed by atoms with Gasteiger partial charge >= 0.3 is 0 Å². The molecular weight excluding hydrogens is 355 g/mol. The van der Waals surface area contributed by atoms with Crippen LogP contribution in [0.1, 0.15) is 36.8 Å². The smallest absolute Gasteiger partial charge is 0.254 e. The van der Waals surface area contributed by atoms with E-state index >= 15 is 0 Å². The SMILES string of the molecule is O=C1N(Cc2cccc(F)c2F)CCC[C@@]1(O)CCCc1cccc(F)c1. The zero-order valence-corrected chi connectivity index (χ0v) is 14.9. The molecule has 6 heteroatoms. The van der Waals surface area contributed by atoms with Crippen LogP contribution in [0, 0.1) is 17.5 Å². The Bertz CT molecular complexity index is 827. The number of rotatable bonds is 6. The minimum absolute atomic E-state index is 0.0748. The van der Waals surface area contributed by atoms with Crippen LogP contribution in [0.3, 0.4) is 0 Å². The van der Waals surface area contributed by atoms with Gasteiger partial charge in [-0.2, -0.15) is 0 Å². The number of amides is 1. The minimum Gasteiger partial charge on any atom is -0.380 e. The summed E-state index contributed by atoms with van der Waals surface area (Å²) in [5.41, 5.74) is -0.622. The van der Waals surface area contributed by atoms with E-state index in [0.717, 1.165) is 11.6 Å². The molecule has 1 atom stereocenters. The van der Waals surface area contributed by atoms with Crippen molar-refractivity contribution in [2.75, 3.05) is 6.54 Å². The van der Waals surface area contributed by atoms with Crippen LogP contribution in [0.5, 0.6) is 0 Å². The van der Waals surface area contributed by atoms with Crippen molar-refractivity contribution in [3.63, 3.8) is 0 Å². The zero-order chi connectivity index (χ0) is 19.4. The molecule has 3 rings (SSSR count). The van der Waals surface area contributed by atoms with Gasteiger partial charge in [0.05, 0.1) is 0 Å². The fourth-order valence-corrected chi connectivity index (χ4v) is 3.60. The number of likely N-dealkylation sites (tertiary alicyclic amines) is 1. The molecule has 0 bridgehead atoms. The van der Waals surface area contributed by atoms with E-state index in [-0.39, 0.29) is 24.3 Å². The molecule has 1 N–H and O–H groups in total. The Morgan fingerprint density at radius 1 is 1.11 bits per heavy atom. The third-order valence-electron chi connectivity index (χ3n) is 5.04. The van der Waals surface area contributed by atoms with Crippen LogP contribution in [-0.4, -0.2) is 28.1 Å². The van der Waals surface area contributed by atoms with E-state index in [2.05, 4.69) is 0 Å². The Labute approximate surface area is 156 Å². The number of aryl methyl sites for hydroxylation is 1. The van der Waals surface area contributed by atoms with E-state index in [9.17, 15) is 23.1 Å². The summed E-state index contributed by atoms with van der Waals surface area (Å²) in [4.78, 5) is 14.1. The number of halogens is 3. The van der Waals surface area contributed by atoms with Gasteiger partial charge in [0.15, 0.2) is 11.6 Å². The summed E-state index contributed by atoms with van der Waals surface area (Å²) in [5, 5.41) is 10.8. The molecule has 0 saturated carbocycles. The first-order valence-electron chi connectivity index (χ1n) is 9.08. The lowest BCUT2D eigenvalue weighted by atomic mass is 9.86. The zero-order valence-electron chi connectivity index (χ0n) is 14.9. The largest absolute Gasteiger partial charge is 0.380 e. The van der Waals surface area contributed by atoms with E-state index in [1.807, 2.05) is 0 Å². The summed E-state index contributed by atoms with van der Waals surface area (Å²) in [6.45, 7) is 0.315. The molecule has 27 heavy (non-hydrogen) atoms.